The highest BCUT2D eigenvalue weighted by Crippen LogP contribution is 2.28. The number of aliphatic hydroxyl groups is 1. The van der Waals surface area contributed by atoms with Crippen molar-refractivity contribution in [2.45, 2.75) is 11.5 Å². The summed E-state index contributed by atoms with van der Waals surface area (Å²) in [7, 11) is -4.21. The average Bonchev–Trinajstić information content (AvgIpc) is 2.37. The van der Waals surface area contributed by atoms with Gasteiger partial charge in [0.1, 0.15) is 16.5 Å². The van der Waals surface area contributed by atoms with Crippen molar-refractivity contribution in [3.63, 3.8) is 0 Å². The molecule has 0 amide bonds. The molecule has 0 aromatic heterocycles. The van der Waals surface area contributed by atoms with E-state index in [1.807, 2.05) is 0 Å². The highest BCUT2D eigenvalue weighted by molar-refractivity contribution is 9.10. The third-order valence-electron chi connectivity index (χ3n) is 2.62. The lowest BCUT2D eigenvalue weighted by molar-refractivity contribution is 0.282. The molecule has 2 N–H and O–H groups in total. The molecule has 0 bridgehead atoms. The Labute approximate surface area is 128 Å². The molecule has 0 unspecified atom stereocenters. The molecule has 0 aliphatic rings. The second kappa shape index (κ2) is 6.08. The van der Waals surface area contributed by atoms with E-state index in [1.165, 1.54) is 24.3 Å². The number of aliphatic hydroxyl groups excluding tert-OH is 1. The summed E-state index contributed by atoms with van der Waals surface area (Å²) in [6.07, 6.45) is 0. The Balaban J connectivity index is 2.38. The van der Waals surface area contributed by atoms with Crippen LogP contribution in [0.1, 0.15) is 5.56 Å². The van der Waals surface area contributed by atoms with Crippen LogP contribution in [0.15, 0.2) is 45.8 Å². The van der Waals surface area contributed by atoms with Gasteiger partial charge < -0.3 is 5.11 Å². The molecular formula is C13H10BrF2NO3S. The third kappa shape index (κ3) is 3.58. The number of hydrogen-bond donors (Lipinski definition) is 2. The quantitative estimate of drug-likeness (QED) is 0.860. The van der Waals surface area contributed by atoms with Crippen LogP contribution in [0.25, 0.3) is 0 Å². The van der Waals surface area contributed by atoms with Gasteiger partial charge in [-0.2, -0.15) is 0 Å². The molecule has 2 aromatic rings. The van der Waals surface area contributed by atoms with Crippen molar-refractivity contribution < 1.29 is 22.3 Å². The first-order valence-corrected chi connectivity index (χ1v) is 7.98. The molecule has 8 heteroatoms. The van der Waals surface area contributed by atoms with Gasteiger partial charge in [-0.3, -0.25) is 4.72 Å². The standard InChI is InChI=1S/C13H10BrF2NO3S/c14-11-5-9(15)6-12(16)13(11)21(19,20)17-10-3-1-8(7-18)2-4-10/h1-6,17-18H,7H2. The summed E-state index contributed by atoms with van der Waals surface area (Å²) in [5.74, 6) is -2.08. The zero-order valence-corrected chi connectivity index (χ0v) is 12.9. The molecule has 4 nitrogen and oxygen atoms in total. The van der Waals surface area contributed by atoms with Gasteiger partial charge in [0.05, 0.1) is 6.61 Å². The van der Waals surface area contributed by atoms with Crippen LogP contribution in [0.5, 0.6) is 0 Å². The second-order valence-electron chi connectivity index (χ2n) is 4.16. The molecule has 0 saturated heterocycles. The molecule has 2 aromatic carbocycles. The van der Waals surface area contributed by atoms with Crippen molar-refractivity contribution in [1.29, 1.82) is 0 Å². The van der Waals surface area contributed by atoms with E-state index in [1.54, 1.807) is 0 Å². The summed E-state index contributed by atoms with van der Waals surface area (Å²) in [6.45, 7) is -0.175. The summed E-state index contributed by atoms with van der Waals surface area (Å²) < 4.78 is 53.0. The summed E-state index contributed by atoms with van der Waals surface area (Å²) in [5.41, 5.74) is 0.801. The van der Waals surface area contributed by atoms with Gasteiger partial charge in [0.25, 0.3) is 10.0 Å². The normalized spacial score (nSPS) is 11.4. The molecule has 0 radical (unpaired) electrons. The first-order chi connectivity index (χ1) is 9.83. The highest BCUT2D eigenvalue weighted by Gasteiger charge is 2.23. The topological polar surface area (TPSA) is 66.4 Å². The molecular weight excluding hydrogens is 368 g/mol. The fourth-order valence-corrected chi connectivity index (χ4v) is 3.90. The molecule has 0 heterocycles. The fraction of sp³-hybridized carbons (Fsp3) is 0.0769. The van der Waals surface area contributed by atoms with E-state index in [4.69, 9.17) is 5.11 Å². The first kappa shape index (κ1) is 15.9. The largest absolute Gasteiger partial charge is 0.392 e. The van der Waals surface area contributed by atoms with Crippen molar-refractivity contribution >= 4 is 31.6 Å². The van der Waals surface area contributed by atoms with Gasteiger partial charge in [0.15, 0.2) is 0 Å². The molecule has 0 spiro atoms. The van der Waals surface area contributed by atoms with Crippen LogP contribution in [0.3, 0.4) is 0 Å². The molecule has 0 atom stereocenters. The zero-order chi connectivity index (χ0) is 15.6. The molecule has 0 fully saturated rings. The van der Waals surface area contributed by atoms with Gasteiger partial charge in [-0.15, -0.1) is 0 Å². The minimum atomic E-state index is -4.21. The number of hydrogen-bond acceptors (Lipinski definition) is 3. The van der Waals surface area contributed by atoms with E-state index in [0.717, 1.165) is 6.07 Å². The Morgan fingerprint density at radius 2 is 1.76 bits per heavy atom. The van der Waals surface area contributed by atoms with Crippen LogP contribution >= 0.6 is 15.9 Å². The monoisotopic (exact) mass is 377 g/mol. The van der Waals surface area contributed by atoms with Gasteiger partial charge in [-0.05, 0) is 39.7 Å². The summed E-state index contributed by atoms with van der Waals surface area (Å²) in [6, 6.07) is 7.26. The maximum Gasteiger partial charge on any atom is 0.265 e. The molecule has 21 heavy (non-hydrogen) atoms. The lowest BCUT2D eigenvalue weighted by Gasteiger charge is -2.11. The van der Waals surface area contributed by atoms with Gasteiger partial charge in [0.2, 0.25) is 0 Å². The SMILES string of the molecule is O=S(=O)(Nc1ccc(CO)cc1)c1c(F)cc(F)cc1Br. The van der Waals surface area contributed by atoms with E-state index in [2.05, 4.69) is 20.7 Å². The van der Waals surface area contributed by atoms with E-state index in [0.29, 0.717) is 11.6 Å². The van der Waals surface area contributed by atoms with Crippen molar-refractivity contribution in [2.75, 3.05) is 4.72 Å². The smallest absolute Gasteiger partial charge is 0.265 e. The van der Waals surface area contributed by atoms with E-state index < -0.39 is 26.6 Å². The lowest BCUT2D eigenvalue weighted by atomic mass is 10.2. The second-order valence-corrected chi connectivity index (χ2v) is 6.63. The number of anilines is 1. The Kier molecular flexibility index (Phi) is 4.60. The van der Waals surface area contributed by atoms with Crippen LogP contribution in [-0.2, 0) is 16.6 Å². The first-order valence-electron chi connectivity index (χ1n) is 5.70. The Morgan fingerprint density at radius 1 is 1.14 bits per heavy atom. The molecule has 0 saturated carbocycles. The zero-order valence-electron chi connectivity index (χ0n) is 10.5. The highest BCUT2D eigenvalue weighted by atomic mass is 79.9. The average molecular weight is 378 g/mol. The Bertz CT molecular complexity index is 740. The van der Waals surface area contributed by atoms with Crippen molar-refractivity contribution in [2.24, 2.45) is 0 Å². The number of rotatable bonds is 4. The predicted octanol–water partition coefficient (Wildman–Crippen LogP) is 3.02. The van der Waals surface area contributed by atoms with Crippen molar-refractivity contribution in [1.82, 2.24) is 0 Å². The molecule has 0 aliphatic carbocycles. The van der Waals surface area contributed by atoms with Gasteiger partial charge in [0, 0.05) is 16.2 Å². The van der Waals surface area contributed by atoms with Gasteiger partial charge in [-0.1, -0.05) is 12.1 Å². The van der Waals surface area contributed by atoms with Crippen molar-refractivity contribution in [3.8, 4) is 0 Å². The van der Waals surface area contributed by atoms with Crippen LogP contribution in [-0.4, -0.2) is 13.5 Å². The molecule has 112 valence electrons. The van der Waals surface area contributed by atoms with Crippen LogP contribution in [0.2, 0.25) is 0 Å². The van der Waals surface area contributed by atoms with E-state index in [9.17, 15) is 17.2 Å². The third-order valence-corrected chi connectivity index (χ3v) is 4.97. The van der Waals surface area contributed by atoms with Crippen LogP contribution < -0.4 is 4.72 Å². The maximum atomic E-state index is 13.7. The van der Waals surface area contributed by atoms with Gasteiger partial charge in [-0.25, -0.2) is 17.2 Å². The number of halogens is 3. The summed E-state index contributed by atoms with van der Waals surface area (Å²) >= 11 is 2.84. The van der Waals surface area contributed by atoms with E-state index in [-0.39, 0.29) is 16.8 Å². The Hall–Kier alpha value is -1.51. The summed E-state index contributed by atoms with van der Waals surface area (Å²) in [5, 5.41) is 8.91. The number of sulfonamides is 1. The maximum absolute atomic E-state index is 13.7. The minimum absolute atomic E-state index is 0.175. The van der Waals surface area contributed by atoms with E-state index >= 15 is 0 Å². The Morgan fingerprint density at radius 3 is 2.29 bits per heavy atom. The minimum Gasteiger partial charge on any atom is -0.392 e. The van der Waals surface area contributed by atoms with Crippen LogP contribution in [0.4, 0.5) is 14.5 Å². The number of benzene rings is 2. The van der Waals surface area contributed by atoms with Gasteiger partial charge >= 0.3 is 0 Å². The molecule has 0 aliphatic heterocycles. The lowest BCUT2D eigenvalue weighted by Crippen LogP contribution is -2.15. The summed E-state index contributed by atoms with van der Waals surface area (Å²) in [4.78, 5) is -0.671. The predicted molar refractivity (Wildman–Crippen MR) is 77.2 cm³/mol. The van der Waals surface area contributed by atoms with Crippen molar-refractivity contribution in [3.05, 3.63) is 58.1 Å². The van der Waals surface area contributed by atoms with Crippen LogP contribution in [0, 0.1) is 11.6 Å². The number of nitrogens with one attached hydrogen (secondary N) is 1. The fourth-order valence-electron chi connectivity index (χ4n) is 1.67. The molecule has 2 rings (SSSR count).